The predicted molar refractivity (Wildman–Crippen MR) is 113 cm³/mol. The smallest absolute Gasteiger partial charge is 0.234 e. The van der Waals surface area contributed by atoms with E-state index in [9.17, 15) is 13.6 Å². The van der Waals surface area contributed by atoms with E-state index >= 15 is 0 Å². The monoisotopic (exact) mass is 448 g/mol. The molecule has 1 amide bonds. The number of nitrogens with zero attached hydrogens (tertiary/aromatic N) is 3. The number of nitrogens with one attached hydrogen (secondary N) is 1. The van der Waals surface area contributed by atoms with Crippen molar-refractivity contribution >= 4 is 23.4 Å². The fraction of sp³-hybridized carbons (Fsp3) is 0.286. The van der Waals surface area contributed by atoms with Gasteiger partial charge in [-0.05, 0) is 50.2 Å². The fourth-order valence-corrected chi connectivity index (χ4v) is 3.63. The van der Waals surface area contributed by atoms with Crippen LogP contribution in [-0.4, -0.2) is 33.5 Å². The Morgan fingerprint density at radius 2 is 1.94 bits per heavy atom. The molecule has 3 aromatic rings. The van der Waals surface area contributed by atoms with Crippen LogP contribution in [0, 0.1) is 11.6 Å². The molecule has 0 aliphatic rings. The van der Waals surface area contributed by atoms with Crippen LogP contribution in [0.5, 0.6) is 11.5 Å². The minimum atomic E-state index is -0.792. The van der Waals surface area contributed by atoms with Crippen LogP contribution in [0.2, 0.25) is 0 Å². The second kappa shape index (κ2) is 10.3. The quantitative estimate of drug-likeness (QED) is 0.487. The van der Waals surface area contributed by atoms with Crippen LogP contribution in [0.25, 0.3) is 0 Å². The average molecular weight is 448 g/mol. The molecule has 0 aliphatic heterocycles. The van der Waals surface area contributed by atoms with Crippen molar-refractivity contribution in [1.29, 1.82) is 0 Å². The SMILES string of the molecule is CCn1c(SCC(=O)Nc2ccc(OC)cc2)nnc1C(C)Oc1ccc(F)cc1F. The number of rotatable bonds is 9. The Bertz CT molecular complexity index is 1040. The molecule has 1 N–H and O–H groups in total. The molecule has 10 heteroatoms. The summed E-state index contributed by atoms with van der Waals surface area (Å²) in [6.45, 7) is 4.13. The number of halogens is 2. The summed E-state index contributed by atoms with van der Waals surface area (Å²) >= 11 is 1.23. The van der Waals surface area contributed by atoms with Gasteiger partial charge in [0.15, 0.2) is 28.7 Å². The van der Waals surface area contributed by atoms with E-state index in [2.05, 4.69) is 15.5 Å². The van der Waals surface area contributed by atoms with Gasteiger partial charge in [-0.15, -0.1) is 10.2 Å². The number of anilines is 1. The highest BCUT2D eigenvalue weighted by atomic mass is 32.2. The third-order valence-electron chi connectivity index (χ3n) is 4.33. The molecule has 0 fully saturated rings. The van der Waals surface area contributed by atoms with Gasteiger partial charge in [0.2, 0.25) is 5.91 Å². The van der Waals surface area contributed by atoms with Crippen molar-refractivity contribution < 1.29 is 23.0 Å². The lowest BCUT2D eigenvalue weighted by atomic mass is 10.3. The minimum Gasteiger partial charge on any atom is -0.497 e. The molecule has 0 saturated carbocycles. The number of aromatic nitrogens is 3. The normalized spacial score (nSPS) is 11.8. The van der Waals surface area contributed by atoms with Crippen molar-refractivity contribution in [2.24, 2.45) is 0 Å². The van der Waals surface area contributed by atoms with E-state index in [4.69, 9.17) is 9.47 Å². The number of carbonyl (C=O) groups is 1. The molecular formula is C21H22F2N4O3S. The molecule has 7 nitrogen and oxygen atoms in total. The lowest BCUT2D eigenvalue weighted by Crippen LogP contribution is -2.15. The number of hydrogen-bond acceptors (Lipinski definition) is 6. The summed E-state index contributed by atoms with van der Waals surface area (Å²) in [5, 5.41) is 11.6. The number of thioether (sulfide) groups is 1. The Labute approximate surface area is 182 Å². The third kappa shape index (κ3) is 5.72. The molecule has 164 valence electrons. The van der Waals surface area contributed by atoms with E-state index in [1.807, 2.05) is 6.92 Å². The number of benzene rings is 2. The number of amides is 1. The molecule has 1 aromatic heterocycles. The Hall–Kier alpha value is -3.14. The highest BCUT2D eigenvalue weighted by Crippen LogP contribution is 2.27. The molecule has 1 atom stereocenters. The molecule has 3 rings (SSSR count). The third-order valence-corrected chi connectivity index (χ3v) is 5.30. The average Bonchev–Trinajstić information content (AvgIpc) is 3.18. The van der Waals surface area contributed by atoms with E-state index in [1.54, 1.807) is 42.9 Å². The first-order valence-corrected chi connectivity index (χ1v) is 10.5. The minimum absolute atomic E-state index is 0.0763. The maximum atomic E-state index is 13.9. The van der Waals surface area contributed by atoms with Gasteiger partial charge in [-0.25, -0.2) is 8.78 Å². The molecule has 31 heavy (non-hydrogen) atoms. The van der Waals surface area contributed by atoms with Gasteiger partial charge < -0.3 is 19.4 Å². The second-order valence-corrected chi connectivity index (χ2v) is 7.43. The topological polar surface area (TPSA) is 78.3 Å². The summed E-state index contributed by atoms with van der Waals surface area (Å²) < 4.78 is 39.5. The van der Waals surface area contributed by atoms with Gasteiger partial charge in [0.1, 0.15) is 11.6 Å². The Morgan fingerprint density at radius 3 is 2.58 bits per heavy atom. The van der Waals surface area contributed by atoms with Crippen LogP contribution in [0.3, 0.4) is 0 Å². The number of carbonyl (C=O) groups excluding carboxylic acids is 1. The first kappa shape index (κ1) is 22.5. The van der Waals surface area contributed by atoms with Crippen LogP contribution in [0.15, 0.2) is 47.6 Å². The summed E-state index contributed by atoms with van der Waals surface area (Å²) in [5.74, 6) is -0.434. The summed E-state index contributed by atoms with van der Waals surface area (Å²) in [6, 6.07) is 10.1. The summed E-state index contributed by atoms with van der Waals surface area (Å²) in [4.78, 5) is 12.3. The molecule has 0 radical (unpaired) electrons. The predicted octanol–water partition coefficient (Wildman–Crippen LogP) is 4.46. The zero-order valence-corrected chi connectivity index (χ0v) is 18.1. The Morgan fingerprint density at radius 1 is 1.19 bits per heavy atom. The summed E-state index contributed by atoms with van der Waals surface area (Å²) in [6.07, 6.45) is -0.630. The van der Waals surface area contributed by atoms with E-state index in [-0.39, 0.29) is 17.4 Å². The first-order chi connectivity index (χ1) is 14.9. The van der Waals surface area contributed by atoms with E-state index in [0.717, 1.165) is 12.1 Å². The van der Waals surface area contributed by atoms with Gasteiger partial charge in [0, 0.05) is 18.3 Å². The lowest BCUT2D eigenvalue weighted by Gasteiger charge is -2.16. The fourth-order valence-electron chi connectivity index (χ4n) is 2.82. The van der Waals surface area contributed by atoms with Crippen LogP contribution >= 0.6 is 11.8 Å². The zero-order chi connectivity index (χ0) is 22.4. The van der Waals surface area contributed by atoms with Crippen LogP contribution in [-0.2, 0) is 11.3 Å². The van der Waals surface area contributed by atoms with Crippen LogP contribution < -0.4 is 14.8 Å². The molecule has 0 spiro atoms. The van der Waals surface area contributed by atoms with Crippen LogP contribution in [0.4, 0.5) is 14.5 Å². The van der Waals surface area contributed by atoms with Crippen molar-refractivity contribution in [2.75, 3.05) is 18.2 Å². The van der Waals surface area contributed by atoms with Crippen molar-refractivity contribution in [1.82, 2.24) is 14.8 Å². The first-order valence-electron chi connectivity index (χ1n) is 9.52. The van der Waals surface area contributed by atoms with Crippen LogP contribution in [0.1, 0.15) is 25.8 Å². The highest BCUT2D eigenvalue weighted by Gasteiger charge is 2.20. The molecule has 0 aliphatic carbocycles. The van der Waals surface area contributed by atoms with Gasteiger partial charge in [-0.3, -0.25) is 4.79 Å². The van der Waals surface area contributed by atoms with E-state index in [0.29, 0.717) is 29.0 Å². The Kier molecular flexibility index (Phi) is 7.45. The lowest BCUT2D eigenvalue weighted by molar-refractivity contribution is -0.113. The molecule has 2 aromatic carbocycles. The maximum Gasteiger partial charge on any atom is 0.234 e. The van der Waals surface area contributed by atoms with E-state index < -0.39 is 17.7 Å². The number of hydrogen-bond donors (Lipinski definition) is 1. The number of methoxy groups -OCH3 is 1. The highest BCUT2D eigenvalue weighted by molar-refractivity contribution is 7.99. The van der Waals surface area contributed by atoms with Gasteiger partial charge in [0.25, 0.3) is 0 Å². The molecule has 0 saturated heterocycles. The van der Waals surface area contributed by atoms with Gasteiger partial charge in [-0.2, -0.15) is 0 Å². The van der Waals surface area contributed by atoms with Crippen molar-refractivity contribution in [3.63, 3.8) is 0 Å². The summed E-state index contributed by atoms with van der Waals surface area (Å²) in [5.41, 5.74) is 0.660. The summed E-state index contributed by atoms with van der Waals surface area (Å²) in [7, 11) is 1.57. The molecule has 1 unspecified atom stereocenters. The maximum absolute atomic E-state index is 13.9. The van der Waals surface area contributed by atoms with Gasteiger partial charge >= 0.3 is 0 Å². The molecule has 0 bridgehead atoms. The second-order valence-electron chi connectivity index (χ2n) is 6.49. The van der Waals surface area contributed by atoms with Crippen molar-refractivity contribution in [2.45, 2.75) is 31.7 Å². The van der Waals surface area contributed by atoms with Crippen molar-refractivity contribution in [3.05, 3.63) is 59.9 Å². The standard InChI is InChI=1S/C21H22F2N4O3S/c1-4-27-20(13(2)30-18-10-5-14(22)11-17(18)23)25-26-21(27)31-12-19(28)24-15-6-8-16(29-3)9-7-15/h5-11,13H,4,12H2,1-3H3,(H,24,28). The molecule has 1 heterocycles. The van der Waals surface area contributed by atoms with Gasteiger partial charge in [0.05, 0.1) is 12.9 Å². The number of ether oxygens (including phenoxy) is 2. The van der Waals surface area contributed by atoms with Gasteiger partial charge in [-0.1, -0.05) is 11.8 Å². The van der Waals surface area contributed by atoms with E-state index in [1.165, 1.54) is 17.8 Å². The largest absolute Gasteiger partial charge is 0.497 e. The Balaban J connectivity index is 1.62. The molecular weight excluding hydrogens is 426 g/mol. The van der Waals surface area contributed by atoms with Crippen molar-refractivity contribution in [3.8, 4) is 11.5 Å². The zero-order valence-electron chi connectivity index (χ0n) is 17.3.